The first-order chi connectivity index (χ1) is 8.25. The lowest BCUT2D eigenvalue weighted by molar-refractivity contribution is 0.101. The summed E-state index contributed by atoms with van der Waals surface area (Å²) in [4.78, 5) is 5.02. The van der Waals surface area contributed by atoms with Crippen LogP contribution in [0.1, 0.15) is 13.3 Å². The van der Waals surface area contributed by atoms with E-state index in [-0.39, 0.29) is 0 Å². The molecule has 0 bridgehead atoms. The van der Waals surface area contributed by atoms with Gasteiger partial charge in [-0.25, -0.2) is 0 Å². The Morgan fingerprint density at radius 3 is 2.94 bits per heavy atom. The highest BCUT2D eigenvalue weighted by Crippen LogP contribution is 2.10. The van der Waals surface area contributed by atoms with Gasteiger partial charge in [-0.1, -0.05) is 0 Å². The second-order valence-electron chi connectivity index (χ2n) is 5.58. The maximum absolute atomic E-state index is 5.38. The zero-order chi connectivity index (χ0) is 12.1. The van der Waals surface area contributed by atoms with Crippen LogP contribution in [0.25, 0.3) is 0 Å². The monoisotopic (exact) mass is 241 g/mol. The van der Waals surface area contributed by atoms with Crippen LogP contribution in [0.3, 0.4) is 0 Å². The average molecular weight is 241 g/mol. The van der Waals surface area contributed by atoms with Crippen LogP contribution in [-0.4, -0.2) is 75.4 Å². The third-order valence-electron chi connectivity index (χ3n) is 4.00. The molecule has 0 radical (unpaired) electrons. The molecule has 2 aliphatic heterocycles. The van der Waals surface area contributed by atoms with Crippen molar-refractivity contribution in [1.82, 2.24) is 15.1 Å². The van der Waals surface area contributed by atoms with Crippen LogP contribution in [0.5, 0.6) is 0 Å². The van der Waals surface area contributed by atoms with Crippen molar-refractivity contribution in [2.75, 3.05) is 59.5 Å². The Kier molecular flexibility index (Phi) is 5.22. The molecule has 0 saturated carbocycles. The molecule has 2 fully saturated rings. The molecule has 0 amide bonds. The molecule has 0 spiro atoms. The Morgan fingerprint density at radius 2 is 2.24 bits per heavy atom. The third-order valence-corrected chi connectivity index (χ3v) is 4.00. The van der Waals surface area contributed by atoms with E-state index in [9.17, 15) is 0 Å². The van der Waals surface area contributed by atoms with Crippen molar-refractivity contribution < 1.29 is 4.74 Å². The van der Waals surface area contributed by atoms with Crippen LogP contribution in [0.2, 0.25) is 0 Å². The van der Waals surface area contributed by atoms with Crippen molar-refractivity contribution in [3.8, 4) is 0 Å². The smallest absolute Gasteiger partial charge is 0.0507 e. The fourth-order valence-electron chi connectivity index (χ4n) is 2.78. The van der Waals surface area contributed by atoms with Gasteiger partial charge in [0.1, 0.15) is 0 Å². The van der Waals surface area contributed by atoms with Gasteiger partial charge in [-0.3, -0.25) is 4.90 Å². The fraction of sp³-hybridized carbons (Fsp3) is 1.00. The standard InChI is InChI=1S/C13H27N3O/c1-12-10-15(2)6-7-16(12)5-4-14-9-13-3-8-17-11-13/h12-14H,3-11H2,1-2H3. The molecule has 0 aromatic carbocycles. The summed E-state index contributed by atoms with van der Waals surface area (Å²) in [6.07, 6.45) is 1.23. The lowest BCUT2D eigenvalue weighted by atomic mass is 10.1. The molecule has 4 nitrogen and oxygen atoms in total. The topological polar surface area (TPSA) is 27.7 Å². The minimum absolute atomic E-state index is 0.699. The van der Waals surface area contributed by atoms with Crippen LogP contribution in [0.15, 0.2) is 0 Å². The average Bonchev–Trinajstić information content (AvgIpc) is 2.79. The Morgan fingerprint density at radius 1 is 1.35 bits per heavy atom. The summed E-state index contributed by atoms with van der Waals surface area (Å²) in [5.74, 6) is 0.750. The number of likely N-dealkylation sites (N-methyl/N-ethyl adjacent to an activating group) is 1. The minimum atomic E-state index is 0.699. The summed E-state index contributed by atoms with van der Waals surface area (Å²) in [7, 11) is 2.21. The van der Waals surface area contributed by atoms with Crippen LogP contribution in [-0.2, 0) is 4.74 Å². The van der Waals surface area contributed by atoms with Crippen LogP contribution in [0, 0.1) is 5.92 Å². The molecular weight excluding hydrogens is 214 g/mol. The first-order valence-electron chi connectivity index (χ1n) is 6.97. The van der Waals surface area contributed by atoms with Crippen LogP contribution in [0.4, 0.5) is 0 Å². The number of hydrogen-bond acceptors (Lipinski definition) is 4. The van der Waals surface area contributed by atoms with Gasteiger partial charge in [0.25, 0.3) is 0 Å². The van der Waals surface area contributed by atoms with Gasteiger partial charge >= 0.3 is 0 Å². The lowest BCUT2D eigenvalue weighted by Crippen LogP contribution is -2.52. The molecule has 17 heavy (non-hydrogen) atoms. The largest absolute Gasteiger partial charge is 0.381 e. The number of ether oxygens (including phenoxy) is 1. The first kappa shape index (κ1) is 13.3. The molecule has 4 heteroatoms. The Labute approximate surface area is 105 Å². The summed E-state index contributed by atoms with van der Waals surface area (Å²) in [5.41, 5.74) is 0. The molecule has 2 saturated heterocycles. The number of nitrogens with one attached hydrogen (secondary N) is 1. The van der Waals surface area contributed by atoms with Gasteiger partial charge in [0.15, 0.2) is 0 Å². The van der Waals surface area contributed by atoms with Gasteiger partial charge < -0.3 is 15.0 Å². The summed E-state index contributed by atoms with van der Waals surface area (Å²) in [6.45, 7) is 11.3. The summed E-state index contributed by atoms with van der Waals surface area (Å²) < 4.78 is 5.38. The van der Waals surface area contributed by atoms with Gasteiger partial charge in [0.05, 0.1) is 6.61 Å². The quantitative estimate of drug-likeness (QED) is 0.698. The Bertz CT molecular complexity index is 219. The van der Waals surface area contributed by atoms with Crippen molar-refractivity contribution in [1.29, 1.82) is 0 Å². The molecule has 2 aliphatic rings. The number of rotatable bonds is 5. The molecular formula is C13H27N3O. The summed E-state index contributed by atoms with van der Waals surface area (Å²) in [6, 6.07) is 0.699. The van der Waals surface area contributed by atoms with Gasteiger partial charge in [-0.2, -0.15) is 0 Å². The number of piperazine rings is 1. The lowest BCUT2D eigenvalue weighted by Gasteiger charge is -2.38. The summed E-state index contributed by atoms with van der Waals surface area (Å²) >= 11 is 0. The van der Waals surface area contributed by atoms with Crippen molar-refractivity contribution in [3.63, 3.8) is 0 Å². The molecule has 2 heterocycles. The first-order valence-corrected chi connectivity index (χ1v) is 6.97. The van der Waals surface area contributed by atoms with E-state index in [1.807, 2.05) is 0 Å². The van der Waals surface area contributed by atoms with Crippen molar-refractivity contribution >= 4 is 0 Å². The molecule has 100 valence electrons. The third kappa shape index (κ3) is 4.21. The van der Waals surface area contributed by atoms with E-state index in [1.165, 1.54) is 32.6 Å². The highest BCUT2D eigenvalue weighted by atomic mass is 16.5. The van der Waals surface area contributed by atoms with Gasteiger partial charge in [0.2, 0.25) is 0 Å². The molecule has 0 aromatic rings. The Hall–Kier alpha value is -0.160. The predicted molar refractivity (Wildman–Crippen MR) is 70.3 cm³/mol. The van der Waals surface area contributed by atoms with E-state index in [0.717, 1.165) is 32.2 Å². The predicted octanol–water partition coefficient (Wildman–Crippen LogP) is 0.248. The molecule has 1 N–H and O–H groups in total. The molecule has 2 rings (SSSR count). The van der Waals surface area contributed by atoms with E-state index in [2.05, 4.69) is 29.1 Å². The fourth-order valence-corrected chi connectivity index (χ4v) is 2.78. The minimum Gasteiger partial charge on any atom is -0.381 e. The number of hydrogen-bond donors (Lipinski definition) is 1. The number of nitrogens with zero attached hydrogens (tertiary/aromatic N) is 2. The molecule has 2 unspecified atom stereocenters. The van der Waals surface area contributed by atoms with Crippen LogP contribution >= 0.6 is 0 Å². The van der Waals surface area contributed by atoms with E-state index in [1.54, 1.807) is 0 Å². The van der Waals surface area contributed by atoms with E-state index in [0.29, 0.717) is 6.04 Å². The SMILES string of the molecule is CC1CN(C)CCN1CCNCC1CCOC1. The van der Waals surface area contributed by atoms with Gasteiger partial charge in [-0.15, -0.1) is 0 Å². The molecule has 0 aromatic heterocycles. The molecule has 0 aliphatic carbocycles. The van der Waals surface area contributed by atoms with Crippen molar-refractivity contribution in [2.45, 2.75) is 19.4 Å². The zero-order valence-electron chi connectivity index (χ0n) is 11.3. The zero-order valence-corrected chi connectivity index (χ0v) is 11.3. The van der Waals surface area contributed by atoms with Crippen LogP contribution < -0.4 is 5.32 Å². The van der Waals surface area contributed by atoms with E-state index in [4.69, 9.17) is 4.74 Å². The summed E-state index contributed by atoms with van der Waals surface area (Å²) in [5, 5.41) is 3.57. The highest BCUT2D eigenvalue weighted by Gasteiger charge is 2.21. The van der Waals surface area contributed by atoms with E-state index >= 15 is 0 Å². The highest BCUT2D eigenvalue weighted by molar-refractivity contribution is 4.77. The van der Waals surface area contributed by atoms with Crippen molar-refractivity contribution in [2.24, 2.45) is 5.92 Å². The maximum atomic E-state index is 5.38. The maximum Gasteiger partial charge on any atom is 0.0507 e. The normalized spacial score (nSPS) is 32.1. The second-order valence-corrected chi connectivity index (χ2v) is 5.58. The van der Waals surface area contributed by atoms with Gasteiger partial charge in [-0.05, 0) is 26.3 Å². The second kappa shape index (κ2) is 6.69. The molecule has 2 atom stereocenters. The van der Waals surface area contributed by atoms with E-state index < -0.39 is 0 Å². The van der Waals surface area contributed by atoms with Gasteiger partial charge in [0, 0.05) is 51.9 Å². The Balaban J connectivity index is 1.55. The van der Waals surface area contributed by atoms with Crippen molar-refractivity contribution in [3.05, 3.63) is 0 Å².